The third-order valence-corrected chi connectivity index (χ3v) is 10.9. The Balaban J connectivity index is 1.36. The van der Waals surface area contributed by atoms with E-state index in [1.54, 1.807) is 12.1 Å². The number of hydrogen-bond donors (Lipinski definition) is 0. The van der Waals surface area contributed by atoms with Gasteiger partial charge in [0.05, 0.1) is 10.3 Å². The van der Waals surface area contributed by atoms with Crippen LogP contribution in [0.25, 0.3) is 20.5 Å². The highest BCUT2D eigenvalue weighted by atomic mass is 32.1. The summed E-state index contributed by atoms with van der Waals surface area (Å²) in [6.07, 6.45) is 8.86. The Labute approximate surface area is 280 Å². The molecule has 7 nitrogen and oxygen atoms in total. The minimum absolute atomic E-state index is 0.0832. The van der Waals surface area contributed by atoms with Crippen LogP contribution in [0.1, 0.15) is 71.4 Å². The van der Waals surface area contributed by atoms with Gasteiger partial charge in [-0.05, 0) is 93.0 Å². The van der Waals surface area contributed by atoms with Crippen LogP contribution in [0, 0.1) is 10.1 Å². The summed E-state index contributed by atoms with van der Waals surface area (Å²) >= 11 is 1.81. The van der Waals surface area contributed by atoms with E-state index in [2.05, 4.69) is 111 Å². The monoisotopic (exact) mass is 647 g/mol. The molecule has 8 heteroatoms. The first-order chi connectivity index (χ1) is 22.4. The van der Waals surface area contributed by atoms with Crippen molar-refractivity contribution in [3.05, 3.63) is 112 Å². The molecule has 0 unspecified atom stereocenters. The average molecular weight is 648 g/mol. The molecule has 3 aromatic carbocycles. The molecule has 0 N–H and O–H groups in total. The molecule has 242 valence electrons. The molecule has 0 saturated carbocycles. The molecule has 0 bridgehead atoms. The topological polar surface area (TPSA) is 89.5 Å². The second-order valence-electron chi connectivity index (χ2n) is 13.5. The van der Waals surface area contributed by atoms with Gasteiger partial charge in [-0.2, -0.15) is 4.58 Å². The zero-order valence-corrected chi connectivity index (χ0v) is 28.5. The van der Waals surface area contributed by atoms with Crippen LogP contribution < -0.4 is 10.0 Å². The van der Waals surface area contributed by atoms with Crippen molar-refractivity contribution in [3.8, 4) is 10.4 Å². The van der Waals surface area contributed by atoms with Gasteiger partial charge in [0, 0.05) is 75.1 Å². The van der Waals surface area contributed by atoms with Crippen LogP contribution in [0.2, 0.25) is 0 Å². The fourth-order valence-corrected chi connectivity index (χ4v) is 8.32. The zero-order valence-electron chi connectivity index (χ0n) is 27.7. The number of thiophene rings is 1. The van der Waals surface area contributed by atoms with Crippen molar-refractivity contribution < 1.29 is 19.4 Å². The number of non-ortho nitro benzene ring substituents is 1. The summed E-state index contributed by atoms with van der Waals surface area (Å²) in [5.74, 6) is -0.998. The van der Waals surface area contributed by atoms with Crippen molar-refractivity contribution in [2.75, 3.05) is 18.0 Å². The molecule has 1 aromatic heterocycles. The second-order valence-corrected chi connectivity index (χ2v) is 14.5. The molecule has 0 aliphatic carbocycles. The molecular formula is C39H41N3O4S. The molecule has 0 radical (unpaired) electrons. The van der Waals surface area contributed by atoms with E-state index >= 15 is 0 Å². The lowest BCUT2D eigenvalue weighted by molar-refractivity contribution is -0.438. The van der Waals surface area contributed by atoms with Gasteiger partial charge in [0.1, 0.15) is 6.54 Å². The highest BCUT2D eigenvalue weighted by Gasteiger charge is 2.45. The molecule has 2 aliphatic rings. The standard InChI is InChI=1S/C39H41N3O4S/c1-6-40-31-21-19-28(42(45)46)25-30(31)39(4,5)35(40)15-12-16-36-38(2,3)29-23-27(34-24-26-13-9-10-14-33(26)47-34)18-20-32(29)41(36)22-11-7-8-17-37(43)44/h9-10,12-16,18-21,23-25H,6-8,11,17,22H2,1-5H3. The normalized spacial score (nSPS) is 17.2. The number of nitro benzene ring substituents is 1. The van der Waals surface area contributed by atoms with Gasteiger partial charge in [-0.1, -0.05) is 38.1 Å². The van der Waals surface area contributed by atoms with Crippen LogP contribution in [-0.2, 0) is 15.6 Å². The van der Waals surface area contributed by atoms with Gasteiger partial charge < -0.3 is 14.8 Å². The summed E-state index contributed by atoms with van der Waals surface area (Å²) in [6.45, 7) is 12.4. The largest absolute Gasteiger partial charge is 0.550 e. The maximum Gasteiger partial charge on any atom is 0.269 e. The maximum absolute atomic E-state index is 11.6. The molecule has 0 spiro atoms. The quantitative estimate of drug-likeness (QED) is 0.0706. The number of carboxylic acid groups (broad SMARTS) is 1. The highest BCUT2D eigenvalue weighted by molar-refractivity contribution is 7.22. The van der Waals surface area contributed by atoms with Crippen LogP contribution in [0.4, 0.5) is 17.1 Å². The number of aliphatic carboxylic acids is 1. The number of carbonyl (C=O) groups is 1. The molecule has 0 fully saturated rings. The Hall–Kier alpha value is -4.56. The lowest BCUT2D eigenvalue weighted by Crippen LogP contribution is -2.28. The number of anilines is 1. The fraction of sp³-hybridized carbons (Fsp3) is 0.333. The molecule has 0 saturated heterocycles. The molecule has 47 heavy (non-hydrogen) atoms. The van der Waals surface area contributed by atoms with E-state index in [1.165, 1.54) is 37.5 Å². The average Bonchev–Trinajstić information content (AvgIpc) is 3.63. The Morgan fingerprint density at radius 2 is 1.74 bits per heavy atom. The van der Waals surface area contributed by atoms with Crippen molar-refractivity contribution in [1.82, 2.24) is 0 Å². The predicted molar refractivity (Wildman–Crippen MR) is 190 cm³/mol. The van der Waals surface area contributed by atoms with Gasteiger partial charge in [0.15, 0.2) is 5.71 Å². The Kier molecular flexibility index (Phi) is 8.66. The lowest BCUT2D eigenvalue weighted by atomic mass is 9.80. The summed E-state index contributed by atoms with van der Waals surface area (Å²) in [7, 11) is 0. The molecule has 2 aliphatic heterocycles. The van der Waals surface area contributed by atoms with Crippen LogP contribution >= 0.6 is 11.3 Å². The lowest BCUT2D eigenvalue weighted by Gasteiger charge is -2.25. The van der Waals surface area contributed by atoms with Gasteiger partial charge in [0.2, 0.25) is 5.69 Å². The SMILES string of the molecule is CCN1/C(=C/C=C/C2=[N+](CCCCCC(=O)[O-])c3ccc(-c4cc5ccccc5s4)cc3C2(C)C)C(C)(C)c2cc([N+](=O)[O-])ccc21. The molecule has 6 rings (SSSR count). The Morgan fingerprint density at radius 1 is 0.957 bits per heavy atom. The smallest absolute Gasteiger partial charge is 0.269 e. The van der Waals surface area contributed by atoms with Crippen molar-refractivity contribution in [3.63, 3.8) is 0 Å². The number of benzene rings is 3. The number of carboxylic acids is 1. The third kappa shape index (κ3) is 5.91. The number of carbonyl (C=O) groups excluding carboxylic acids is 1. The molecule has 4 aromatic rings. The highest BCUT2D eigenvalue weighted by Crippen LogP contribution is 2.49. The van der Waals surface area contributed by atoms with Crippen LogP contribution in [0.15, 0.2) is 90.7 Å². The number of nitrogens with zero attached hydrogens (tertiary/aromatic N) is 3. The first-order valence-electron chi connectivity index (χ1n) is 16.4. The minimum atomic E-state index is -0.998. The van der Waals surface area contributed by atoms with E-state index in [4.69, 9.17) is 0 Å². The molecule has 3 heterocycles. The van der Waals surface area contributed by atoms with E-state index in [0.29, 0.717) is 6.42 Å². The van der Waals surface area contributed by atoms with Crippen LogP contribution in [0.3, 0.4) is 0 Å². The predicted octanol–water partition coefficient (Wildman–Crippen LogP) is 8.42. The van der Waals surface area contributed by atoms with E-state index in [-0.39, 0.29) is 22.4 Å². The Morgan fingerprint density at radius 3 is 2.47 bits per heavy atom. The Bertz CT molecular complexity index is 1950. The molecule has 0 amide bonds. The minimum Gasteiger partial charge on any atom is -0.550 e. The first kappa shape index (κ1) is 32.4. The van der Waals surface area contributed by atoms with Crippen LogP contribution in [0.5, 0.6) is 0 Å². The van der Waals surface area contributed by atoms with Crippen molar-refractivity contribution in [2.45, 2.75) is 71.1 Å². The molecule has 0 atom stereocenters. The number of fused-ring (bicyclic) bond motifs is 3. The first-order valence-corrected chi connectivity index (χ1v) is 17.2. The molecular weight excluding hydrogens is 607 g/mol. The number of likely N-dealkylation sites (N-methyl/N-ethyl adjacent to an activating group) is 1. The number of allylic oxidation sites excluding steroid dienone is 4. The fourth-order valence-electron chi connectivity index (χ4n) is 7.26. The summed E-state index contributed by atoms with van der Waals surface area (Å²) in [5.41, 5.74) is 7.34. The second kappa shape index (κ2) is 12.6. The summed E-state index contributed by atoms with van der Waals surface area (Å²) in [4.78, 5) is 25.7. The summed E-state index contributed by atoms with van der Waals surface area (Å²) in [6, 6.07) is 22.7. The number of hydrogen-bond acceptors (Lipinski definition) is 6. The van der Waals surface area contributed by atoms with E-state index < -0.39 is 11.4 Å². The van der Waals surface area contributed by atoms with Crippen molar-refractivity contribution >= 4 is 50.2 Å². The van der Waals surface area contributed by atoms with E-state index in [9.17, 15) is 20.0 Å². The van der Waals surface area contributed by atoms with E-state index in [0.717, 1.165) is 42.9 Å². The number of rotatable bonds is 11. The van der Waals surface area contributed by atoms with Crippen molar-refractivity contribution in [2.24, 2.45) is 0 Å². The van der Waals surface area contributed by atoms with Gasteiger partial charge >= 0.3 is 0 Å². The van der Waals surface area contributed by atoms with Crippen molar-refractivity contribution in [1.29, 1.82) is 0 Å². The number of nitro groups is 1. The van der Waals surface area contributed by atoms with E-state index in [1.807, 2.05) is 17.4 Å². The summed E-state index contributed by atoms with van der Waals surface area (Å²) < 4.78 is 3.67. The van der Waals surface area contributed by atoms with Crippen LogP contribution in [-0.4, -0.2) is 34.3 Å². The zero-order chi connectivity index (χ0) is 33.5. The third-order valence-electron chi connectivity index (χ3n) is 9.78. The van der Waals surface area contributed by atoms with Gasteiger partial charge in [-0.3, -0.25) is 10.1 Å². The van der Waals surface area contributed by atoms with Gasteiger partial charge in [-0.15, -0.1) is 11.3 Å². The number of unbranched alkanes of at least 4 members (excludes halogenated alkanes) is 2. The van der Waals surface area contributed by atoms with Gasteiger partial charge in [0.25, 0.3) is 5.69 Å². The van der Waals surface area contributed by atoms with Gasteiger partial charge in [-0.25, -0.2) is 0 Å². The maximum atomic E-state index is 11.6. The summed E-state index contributed by atoms with van der Waals surface area (Å²) in [5, 5.41) is 23.8.